The van der Waals surface area contributed by atoms with Crippen LogP contribution in [0.1, 0.15) is 20.8 Å². The Morgan fingerprint density at radius 2 is 1.31 bits per heavy atom. The Balaban J connectivity index is 2.00. The van der Waals surface area contributed by atoms with E-state index >= 15 is 0 Å². The molecular weight excluding hydrogens is 332 g/mol. The van der Waals surface area contributed by atoms with Crippen LogP contribution in [-0.4, -0.2) is 14.7 Å². The Labute approximate surface area is 158 Å². The highest BCUT2D eigenvalue weighted by molar-refractivity contribution is 7.04. The zero-order valence-corrected chi connectivity index (χ0v) is 16.9. The van der Waals surface area contributed by atoms with E-state index in [4.69, 9.17) is 4.74 Å². The van der Waals surface area contributed by atoms with Gasteiger partial charge < -0.3 is 4.74 Å². The zero-order chi connectivity index (χ0) is 18.5. The molecule has 0 bridgehead atoms. The predicted molar refractivity (Wildman–Crippen MR) is 113 cm³/mol. The van der Waals surface area contributed by atoms with Gasteiger partial charge in [0.15, 0.2) is 0 Å². The predicted octanol–water partition coefficient (Wildman–Crippen LogP) is 4.93. The summed E-state index contributed by atoms with van der Waals surface area (Å²) in [4.78, 5) is 0. The summed E-state index contributed by atoms with van der Waals surface area (Å²) in [7, 11) is -2.04. The molecule has 0 unspecified atom stereocenters. The van der Waals surface area contributed by atoms with Crippen molar-refractivity contribution in [3.05, 3.63) is 91.0 Å². The number of hydrogen-bond acceptors (Lipinski definition) is 1. The van der Waals surface area contributed by atoms with E-state index in [1.54, 1.807) is 0 Å². The summed E-state index contributed by atoms with van der Waals surface area (Å²) in [6.45, 7) is 7.85. The fourth-order valence-corrected chi connectivity index (χ4v) is 9.25. The maximum Gasteiger partial charge on any atom is 0.127 e. The topological polar surface area (TPSA) is 9.23 Å². The molecule has 0 aliphatic carbocycles. The number of para-hydroxylation sites is 1. The second-order valence-electron chi connectivity index (χ2n) is 7.71. The normalized spacial score (nSPS) is 12.0. The first-order valence-electron chi connectivity index (χ1n) is 9.25. The maximum atomic E-state index is 6.08. The number of hydrogen-bond donors (Lipinski definition) is 0. The quantitative estimate of drug-likeness (QED) is 0.567. The summed E-state index contributed by atoms with van der Waals surface area (Å²) in [6, 6.07) is 34.1. The van der Waals surface area contributed by atoms with Crippen molar-refractivity contribution in [2.75, 3.05) is 6.61 Å². The molecule has 0 spiro atoms. The van der Waals surface area contributed by atoms with Crippen LogP contribution >= 0.6 is 0 Å². The Kier molecular flexibility index (Phi) is 5.63. The fraction of sp³-hybridized carbons (Fsp3) is 0.250. The minimum Gasteiger partial charge on any atom is -0.493 e. The molecule has 2 heteroatoms. The van der Waals surface area contributed by atoms with E-state index in [2.05, 4.69) is 87.5 Å². The largest absolute Gasteiger partial charge is 0.493 e. The molecule has 1 radical (unpaired) electrons. The van der Waals surface area contributed by atoms with Crippen LogP contribution in [0.5, 0.6) is 5.75 Å². The molecule has 3 aromatic carbocycles. The first-order valence-corrected chi connectivity index (χ1v) is 11.5. The first-order chi connectivity index (χ1) is 12.5. The lowest BCUT2D eigenvalue weighted by Gasteiger charge is -2.44. The molecule has 0 aromatic heterocycles. The van der Waals surface area contributed by atoms with Gasteiger partial charge in [0.1, 0.15) is 13.8 Å². The monoisotopic (exact) mass is 359 g/mol. The summed E-state index contributed by atoms with van der Waals surface area (Å²) in [6.07, 6.45) is 0. The van der Waals surface area contributed by atoms with Crippen LogP contribution in [0.2, 0.25) is 11.1 Å². The molecule has 0 N–H and O–H groups in total. The lowest BCUT2D eigenvalue weighted by Crippen LogP contribution is -2.64. The van der Waals surface area contributed by atoms with Crippen LogP contribution in [0, 0.1) is 6.07 Å². The summed E-state index contributed by atoms with van der Waals surface area (Å²) < 4.78 is 6.08. The van der Waals surface area contributed by atoms with E-state index in [-0.39, 0.29) is 5.04 Å². The van der Waals surface area contributed by atoms with E-state index < -0.39 is 8.07 Å². The van der Waals surface area contributed by atoms with Crippen molar-refractivity contribution in [1.82, 2.24) is 0 Å². The smallest absolute Gasteiger partial charge is 0.127 e. The number of rotatable bonds is 6. The van der Waals surface area contributed by atoms with Gasteiger partial charge in [-0.25, -0.2) is 0 Å². The van der Waals surface area contributed by atoms with E-state index in [9.17, 15) is 0 Å². The Bertz CT molecular complexity index is 752. The average molecular weight is 360 g/mol. The SMILES string of the molecule is CC(C)(C)[Si](CCOc1[c]cccc1)(c1ccccc1)c1ccccc1. The van der Waals surface area contributed by atoms with Gasteiger partial charge in [-0.15, -0.1) is 0 Å². The maximum absolute atomic E-state index is 6.08. The summed E-state index contributed by atoms with van der Waals surface area (Å²) >= 11 is 0. The van der Waals surface area contributed by atoms with E-state index in [0.29, 0.717) is 6.61 Å². The zero-order valence-electron chi connectivity index (χ0n) is 15.9. The van der Waals surface area contributed by atoms with Crippen molar-refractivity contribution < 1.29 is 4.74 Å². The summed E-state index contributed by atoms with van der Waals surface area (Å²) in [5, 5.41) is 3.11. The molecule has 0 amide bonds. The standard InChI is InChI=1S/C24H27OSi/c1-24(2,3)26(22-15-9-5-10-16-22,23-17-11-6-12-18-23)20-19-25-21-13-7-4-8-14-21/h4-13,15-18H,19-20H2,1-3H3. The summed E-state index contributed by atoms with van der Waals surface area (Å²) in [5.74, 6) is 0.824. The minimum atomic E-state index is -2.04. The molecule has 0 heterocycles. The van der Waals surface area contributed by atoms with Crippen molar-refractivity contribution in [2.45, 2.75) is 31.9 Å². The van der Waals surface area contributed by atoms with Gasteiger partial charge in [0.25, 0.3) is 0 Å². The van der Waals surface area contributed by atoms with Crippen molar-refractivity contribution in [1.29, 1.82) is 0 Å². The first kappa shape index (κ1) is 18.5. The molecule has 0 fully saturated rings. The van der Waals surface area contributed by atoms with E-state index in [1.807, 2.05) is 24.3 Å². The van der Waals surface area contributed by atoms with Crippen molar-refractivity contribution >= 4 is 18.4 Å². The van der Waals surface area contributed by atoms with Gasteiger partial charge in [-0.1, -0.05) is 110 Å². The van der Waals surface area contributed by atoms with Crippen molar-refractivity contribution in [3.8, 4) is 5.75 Å². The summed E-state index contributed by atoms with van der Waals surface area (Å²) in [5.41, 5.74) is 0. The molecule has 0 atom stereocenters. The molecule has 26 heavy (non-hydrogen) atoms. The Hall–Kier alpha value is -2.32. The highest BCUT2D eigenvalue weighted by Crippen LogP contribution is 2.38. The molecular formula is C24H27OSi. The van der Waals surface area contributed by atoms with Gasteiger partial charge in [0, 0.05) is 6.07 Å². The highest BCUT2D eigenvalue weighted by atomic mass is 28.3. The third-order valence-corrected chi connectivity index (χ3v) is 11.4. The van der Waals surface area contributed by atoms with Crippen molar-refractivity contribution in [2.24, 2.45) is 0 Å². The van der Waals surface area contributed by atoms with Gasteiger partial charge in [-0.05, 0) is 17.1 Å². The van der Waals surface area contributed by atoms with Crippen LogP contribution in [-0.2, 0) is 0 Å². The minimum absolute atomic E-state index is 0.166. The van der Waals surface area contributed by atoms with Crippen LogP contribution in [0.3, 0.4) is 0 Å². The Morgan fingerprint density at radius 1 is 0.769 bits per heavy atom. The lowest BCUT2D eigenvalue weighted by atomic mass is 10.2. The van der Waals surface area contributed by atoms with Crippen molar-refractivity contribution in [3.63, 3.8) is 0 Å². The lowest BCUT2D eigenvalue weighted by molar-refractivity contribution is 0.336. The van der Waals surface area contributed by atoms with E-state index in [1.165, 1.54) is 10.4 Å². The van der Waals surface area contributed by atoms with Crippen LogP contribution in [0.15, 0.2) is 84.9 Å². The average Bonchev–Trinajstić information content (AvgIpc) is 2.66. The van der Waals surface area contributed by atoms with Crippen LogP contribution in [0.4, 0.5) is 0 Å². The molecule has 0 saturated carbocycles. The number of ether oxygens (including phenoxy) is 1. The molecule has 0 aliphatic rings. The second kappa shape index (κ2) is 7.92. The second-order valence-corrected chi connectivity index (χ2v) is 12.7. The van der Waals surface area contributed by atoms with Crippen LogP contribution < -0.4 is 15.1 Å². The number of benzene rings is 3. The molecule has 0 saturated heterocycles. The third-order valence-electron chi connectivity index (χ3n) is 5.23. The van der Waals surface area contributed by atoms with Gasteiger partial charge in [-0.3, -0.25) is 0 Å². The van der Waals surface area contributed by atoms with Gasteiger partial charge in [0.2, 0.25) is 0 Å². The third kappa shape index (κ3) is 3.76. The van der Waals surface area contributed by atoms with Gasteiger partial charge >= 0.3 is 0 Å². The highest BCUT2D eigenvalue weighted by Gasteiger charge is 2.47. The molecule has 3 aromatic rings. The van der Waals surface area contributed by atoms with Crippen LogP contribution in [0.25, 0.3) is 0 Å². The molecule has 0 aliphatic heterocycles. The molecule has 3 rings (SSSR count). The van der Waals surface area contributed by atoms with Gasteiger partial charge in [-0.2, -0.15) is 0 Å². The molecule has 1 nitrogen and oxygen atoms in total. The fourth-order valence-electron chi connectivity index (χ4n) is 3.92. The van der Waals surface area contributed by atoms with E-state index in [0.717, 1.165) is 11.8 Å². The Morgan fingerprint density at radius 3 is 1.77 bits per heavy atom. The molecule has 133 valence electrons. The van der Waals surface area contributed by atoms with Gasteiger partial charge in [0.05, 0.1) is 6.61 Å².